The number of primary amides is 1. The smallest absolute Gasteiger partial charge is 0.369 e. The Bertz CT molecular complexity index is 689. The molecule has 0 saturated carbocycles. The number of amides is 1. The molecule has 116 valence electrons. The highest BCUT2D eigenvalue weighted by atomic mass is 32.2. The van der Waals surface area contributed by atoms with Gasteiger partial charge in [-0.05, 0) is 30.3 Å². The fraction of sp³-hybridized carbons (Fsp3) is 0.154. The molecule has 22 heavy (non-hydrogen) atoms. The van der Waals surface area contributed by atoms with Crippen LogP contribution >= 0.6 is 11.8 Å². The summed E-state index contributed by atoms with van der Waals surface area (Å²) in [6, 6.07) is 5.60. The molecule has 1 heterocycles. The summed E-state index contributed by atoms with van der Waals surface area (Å²) in [6.07, 6.45) is -4.67. The van der Waals surface area contributed by atoms with Gasteiger partial charge in [0.25, 0.3) is 0 Å². The third-order valence-corrected chi connectivity index (χ3v) is 3.35. The maximum Gasteiger partial charge on any atom is 0.433 e. The van der Waals surface area contributed by atoms with Crippen molar-refractivity contribution in [2.24, 2.45) is 5.73 Å². The van der Waals surface area contributed by atoms with E-state index in [9.17, 15) is 22.4 Å². The SMILES string of the molecule is NC(=O)CSc1nc(-c2ccc(F)cc2)cc(C(F)(F)F)n1. The molecule has 2 rings (SSSR count). The molecule has 1 aromatic heterocycles. The maximum atomic E-state index is 12.9. The molecular weight excluding hydrogens is 322 g/mol. The van der Waals surface area contributed by atoms with Crippen LogP contribution in [0.1, 0.15) is 5.69 Å². The Morgan fingerprint density at radius 3 is 2.36 bits per heavy atom. The first-order valence-corrected chi connectivity index (χ1v) is 6.87. The number of carbonyl (C=O) groups excluding carboxylic acids is 1. The standard InChI is InChI=1S/C13H9F4N3OS/c14-8-3-1-7(2-4-8)9-5-10(13(15,16)17)20-12(19-9)22-6-11(18)21/h1-5H,6H2,(H2,18,21). The minimum absolute atomic E-state index is 0.0192. The number of benzene rings is 1. The summed E-state index contributed by atoms with van der Waals surface area (Å²) in [7, 11) is 0. The van der Waals surface area contributed by atoms with Crippen molar-refractivity contribution in [2.45, 2.75) is 11.3 Å². The van der Waals surface area contributed by atoms with Crippen molar-refractivity contribution >= 4 is 17.7 Å². The van der Waals surface area contributed by atoms with Gasteiger partial charge in [0.2, 0.25) is 5.91 Å². The van der Waals surface area contributed by atoms with Crippen LogP contribution in [0.15, 0.2) is 35.5 Å². The molecule has 0 bridgehead atoms. The van der Waals surface area contributed by atoms with Gasteiger partial charge in [-0.3, -0.25) is 4.79 Å². The lowest BCUT2D eigenvalue weighted by Crippen LogP contribution is -2.14. The molecular formula is C13H9F4N3OS. The molecule has 0 aliphatic rings. The topological polar surface area (TPSA) is 68.9 Å². The number of nitrogens with two attached hydrogens (primary N) is 1. The lowest BCUT2D eigenvalue weighted by atomic mass is 10.1. The minimum atomic E-state index is -4.67. The molecule has 0 aliphatic carbocycles. The van der Waals surface area contributed by atoms with Gasteiger partial charge in [0.1, 0.15) is 11.5 Å². The Balaban J connectivity index is 2.45. The lowest BCUT2D eigenvalue weighted by molar-refractivity contribution is -0.141. The van der Waals surface area contributed by atoms with Crippen LogP contribution in [0, 0.1) is 5.82 Å². The molecule has 0 aliphatic heterocycles. The first-order valence-electron chi connectivity index (χ1n) is 5.89. The summed E-state index contributed by atoms with van der Waals surface area (Å²) in [5, 5.41) is -0.229. The van der Waals surface area contributed by atoms with Crippen LogP contribution in [0.3, 0.4) is 0 Å². The Morgan fingerprint density at radius 2 is 1.82 bits per heavy atom. The second-order valence-electron chi connectivity index (χ2n) is 4.18. The molecule has 0 unspecified atom stereocenters. The zero-order valence-corrected chi connectivity index (χ0v) is 11.7. The van der Waals surface area contributed by atoms with E-state index in [1.807, 2.05) is 0 Å². The van der Waals surface area contributed by atoms with E-state index in [1.54, 1.807) is 0 Å². The van der Waals surface area contributed by atoms with E-state index in [0.29, 0.717) is 17.3 Å². The van der Waals surface area contributed by atoms with Gasteiger partial charge in [0.15, 0.2) is 5.16 Å². The number of nitrogens with zero attached hydrogens (tertiary/aromatic N) is 2. The monoisotopic (exact) mass is 331 g/mol. The largest absolute Gasteiger partial charge is 0.433 e. The zero-order chi connectivity index (χ0) is 16.3. The second kappa shape index (κ2) is 6.30. The summed E-state index contributed by atoms with van der Waals surface area (Å²) >= 11 is 0.700. The molecule has 4 nitrogen and oxygen atoms in total. The Kier molecular flexibility index (Phi) is 4.65. The summed E-state index contributed by atoms with van der Waals surface area (Å²) in [6.45, 7) is 0. The zero-order valence-electron chi connectivity index (χ0n) is 10.9. The molecule has 1 amide bonds. The minimum Gasteiger partial charge on any atom is -0.369 e. The highest BCUT2D eigenvalue weighted by molar-refractivity contribution is 7.99. The summed E-state index contributed by atoms with van der Waals surface area (Å²) in [5.41, 5.74) is 4.09. The molecule has 0 atom stereocenters. The molecule has 2 N–H and O–H groups in total. The van der Waals surface area contributed by atoms with E-state index < -0.39 is 23.6 Å². The summed E-state index contributed by atoms with van der Waals surface area (Å²) in [5.74, 6) is -1.46. The van der Waals surface area contributed by atoms with Gasteiger partial charge in [0.05, 0.1) is 11.4 Å². The van der Waals surface area contributed by atoms with E-state index in [4.69, 9.17) is 5.73 Å². The predicted molar refractivity (Wildman–Crippen MR) is 72.3 cm³/mol. The average Bonchev–Trinajstić information content (AvgIpc) is 2.44. The third kappa shape index (κ3) is 4.17. The summed E-state index contributed by atoms with van der Waals surface area (Å²) in [4.78, 5) is 18.0. The number of carbonyl (C=O) groups is 1. The molecule has 0 spiro atoms. The van der Waals surface area contributed by atoms with Gasteiger partial charge >= 0.3 is 6.18 Å². The van der Waals surface area contributed by atoms with Crippen molar-refractivity contribution in [3.63, 3.8) is 0 Å². The van der Waals surface area contributed by atoms with E-state index in [-0.39, 0.29) is 16.6 Å². The second-order valence-corrected chi connectivity index (χ2v) is 5.12. The van der Waals surface area contributed by atoms with Gasteiger partial charge in [-0.1, -0.05) is 11.8 Å². The van der Waals surface area contributed by atoms with E-state index >= 15 is 0 Å². The van der Waals surface area contributed by atoms with Crippen molar-refractivity contribution in [3.8, 4) is 11.3 Å². The number of aromatic nitrogens is 2. The van der Waals surface area contributed by atoms with Crippen molar-refractivity contribution in [1.29, 1.82) is 0 Å². The first kappa shape index (κ1) is 16.2. The quantitative estimate of drug-likeness (QED) is 0.531. The summed E-state index contributed by atoms with van der Waals surface area (Å²) < 4.78 is 51.5. The van der Waals surface area contributed by atoms with Gasteiger partial charge in [0, 0.05) is 5.56 Å². The fourth-order valence-corrected chi connectivity index (χ4v) is 2.14. The van der Waals surface area contributed by atoms with Crippen molar-refractivity contribution in [1.82, 2.24) is 9.97 Å². The number of alkyl halides is 3. The highest BCUT2D eigenvalue weighted by Crippen LogP contribution is 2.31. The average molecular weight is 331 g/mol. The van der Waals surface area contributed by atoms with Crippen molar-refractivity contribution in [3.05, 3.63) is 41.8 Å². The van der Waals surface area contributed by atoms with Crippen LogP contribution in [0.4, 0.5) is 17.6 Å². The normalized spacial score (nSPS) is 11.5. The lowest BCUT2D eigenvalue weighted by Gasteiger charge is -2.10. The number of halogens is 4. The van der Waals surface area contributed by atoms with Crippen LogP contribution < -0.4 is 5.73 Å². The van der Waals surface area contributed by atoms with E-state index in [2.05, 4.69) is 9.97 Å². The van der Waals surface area contributed by atoms with Crippen molar-refractivity contribution < 1.29 is 22.4 Å². The van der Waals surface area contributed by atoms with Crippen molar-refractivity contribution in [2.75, 3.05) is 5.75 Å². The molecule has 2 aromatic rings. The van der Waals surface area contributed by atoms with Gasteiger partial charge in [-0.2, -0.15) is 13.2 Å². The van der Waals surface area contributed by atoms with E-state index in [1.165, 1.54) is 12.1 Å². The number of rotatable bonds is 4. The Labute approximate surface area is 126 Å². The number of hydrogen-bond donors (Lipinski definition) is 1. The number of thioether (sulfide) groups is 1. The third-order valence-electron chi connectivity index (χ3n) is 2.48. The van der Waals surface area contributed by atoms with Crippen LogP contribution in [0.2, 0.25) is 0 Å². The molecule has 1 aromatic carbocycles. The van der Waals surface area contributed by atoms with E-state index in [0.717, 1.165) is 18.2 Å². The highest BCUT2D eigenvalue weighted by Gasteiger charge is 2.33. The fourth-order valence-electron chi connectivity index (χ4n) is 1.54. The molecule has 9 heteroatoms. The van der Waals surface area contributed by atoms with Crippen LogP contribution in [0.25, 0.3) is 11.3 Å². The maximum absolute atomic E-state index is 12.9. The Morgan fingerprint density at radius 1 is 1.18 bits per heavy atom. The first-order chi connectivity index (χ1) is 10.3. The van der Waals surface area contributed by atoms with Gasteiger partial charge < -0.3 is 5.73 Å². The van der Waals surface area contributed by atoms with Gasteiger partial charge in [-0.15, -0.1) is 0 Å². The predicted octanol–water partition coefficient (Wildman–Crippen LogP) is 2.88. The van der Waals surface area contributed by atoms with Crippen LogP contribution in [-0.2, 0) is 11.0 Å². The molecule has 0 saturated heterocycles. The molecule has 0 fully saturated rings. The Hall–Kier alpha value is -2.16. The molecule has 0 radical (unpaired) electrons. The van der Waals surface area contributed by atoms with Gasteiger partial charge in [-0.25, -0.2) is 14.4 Å². The number of hydrogen-bond acceptors (Lipinski definition) is 4. The van der Waals surface area contributed by atoms with Crippen LogP contribution in [-0.4, -0.2) is 21.6 Å². The van der Waals surface area contributed by atoms with Crippen LogP contribution in [0.5, 0.6) is 0 Å².